The molecule has 2 fully saturated rings. The highest BCUT2D eigenvalue weighted by atomic mass is 32.1. The van der Waals surface area contributed by atoms with E-state index in [2.05, 4.69) is 10.5 Å². The van der Waals surface area contributed by atoms with Crippen molar-refractivity contribution in [2.24, 2.45) is 5.92 Å². The standard InChI is InChI=1S/C18H21N3O4S/c1-10-15(11(2)25-20-10)18(23)21-9-13(16-14(21)5-6-24-16)17(22)19-8-12-4-3-7-26-12/h3-4,7,13-14,16H,5-6,8-9H2,1-2H3,(H,19,22)/t13-,14+,16-/m0/s1. The predicted molar refractivity (Wildman–Crippen MR) is 94.8 cm³/mol. The van der Waals surface area contributed by atoms with Crippen LogP contribution < -0.4 is 5.32 Å². The number of aromatic nitrogens is 1. The van der Waals surface area contributed by atoms with Crippen LogP contribution in [-0.2, 0) is 16.1 Å². The molecule has 26 heavy (non-hydrogen) atoms. The lowest BCUT2D eigenvalue weighted by molar-refractivity contribution is -0.127. The van der Waals surface area contributed by atoms with Crippen LogP contribution in [0, 0.1) is 19.8 Å². The van der Waals surface area contributed by atoms with Gasteiger partial charge in [0.2, 0.25) is 5.91 Å². The van der Waals surface area contributed by atoms with Crippen LogP contribution in [0.2, 0.25) is 0 Å². The van der Waals surface area contributed by atoms with Gasteiger partial charge in [0.1, 0.15) is 11.3 Å². The second kappa shape index (κ2) is 6.85. The summed E-state index contributed by atoms with van der Waals surface area (Å²) < 4.78 is 10.9. The number of aryl methyl sites for hydroxylation is 2. The van der Waals surface area contributed by atoms with E-state index in [1.54, 1.807) is 30.1 Å². The van der Waals surface area contributed by atoms with Gasteiger partial charge in [0.05, 0.1) is 30.3 Å². The molecule has 0 aromatic carbocycles. The molecule has 2 amide bonds. The number of carbonyl (C=O) groups is 2. The van der Waals surface area contributed by atoms with Crippen molar-refractivity contribution in [3.05, 3.63) is 39.4 Å². The molecule has 2 aliphatic rings. The lowest BCUT2D eigenvalue weighted by Gasteiger charge is -2.22. The maximum Gasteiger partial charge on any atom is 0.259 e. The first-order valence-corrected chi connectivity index (χ1v) is 9.59. The second-order valence-corrected chi connectivity index (χ2v) is 7.78. The first kappa shape index (κ1) is 17.2. The van der Waals surface area contributed by atoms with Crippen LogP contribution in [0.4, 0.5) is 0 Å². The molecule has 3 atom stereocenters. The van der Waals surface area contributed by atoms with Crippen LogP contribution in [0.15, 0.2) is 22.0 Å². The summed E-state index contributed by atoms with van der Waals surface area (Å²) in [6, 6.07) is 3.87. The summed E-state index contributed by atoms with van der Waals surface area (Å²) in [5, 5.41) is 8.84. The largest absolute Gasteiger partial charge is 0.375 e. The minimum Gasteiger partial charge on any atom is -0.375 e. The van der Waals surface area contributed by atoms with E-state index in [0.717, 1.165) is 11.3 Å². The van der Waals surface area contributed by atoms with Gasteiger partial charge in [-0.1, -0.05) is 11.2 Å². The van der Waals surface area contributed by atoms with Crippen molar-refractivity contribution in [1.82, 2.24) is 15.4 Å². The van der Waals surface area contributed by atoms with Crippen LogP contribution in [0.5, 0.6) is 0 Å². The Morgan fingerprint density at radius 2 is 2.27 bits per heavy atom. The molecule has 2 aromatic rings. The minimum atomic E-state index is -0.355. The zero-order chi connectivity index (χ0) is 18.3. The molecule has 2 saturated heterocycles. The van der Waals surface area contributed by atoms with Crippen LogP contribution in [-0.4, -0.2) is 47.2 Å². The van der Waals surface area contributed by atoms with Crippen molar-refractivity contribution in [3.8, 4) is 0 Å². The van der Waals surface area contributed by atoms with Crippen molar-refractivity contribution in [2.75, 3.05) is 13.2 Å². The molecule has 7 nitrogen and oxygen atoms in total. The number of thiophene rings is 1. The molecule has 0 spiro atoms. The monoisotopic (exact) mass is 375 g/mol. The number of nitrogens with one attached hydrogen (secondary N) is 1. The number of amides is 2. The molecule has 2 aliphatic heterocycles. The van der Waals surface area contributed by atoms with Gasteiger partial charge < -0.3 is 19.5 Å². The molecule has 1 N–H and O–H groups in total. The Kier molecular flexibility index (Phi) is 4.54. The Labute approximate surface area is 155 Å². The third kappa shape index (κ3) is 2.93. The molecule has 138 valence electrons. The molecular formula is C18H21N3O4S. The van der Waals surface area contributed by atoms with E-state index < -0.39 is 0 Å². The number of likely N-dealkylation sites (tertiary alicyclic amines) is 1. The number of fused-ring (bicyclic) bond motifs is 1. The third-order valence-electron chi connectivity index (χ3n) is 5.16. The van der Waals surface area contributed by atoms with Crippen LogP contribution in [0.3, 0.4) is 0 Å². The summed E-state index contributed by atoms with van der Waals surface area (Å²) in [5.74, 6) is -0.0416. The van der Waals surface area contributed by atoms with Gasteiger partial charge in [-0.2, -0.15) is 0 Å². The first-order chi connectivity index (χ1) is 12.6. The van der Waals surface area contributed by atoms with Gasteiger partial charge in [0.25, 0.3) is 5.91 Å². The second-order valence-electron chi connectivity index (χ2n) is 6.75. The van der Waals surface area contributed by atoms with E-state index in [4.69, 9.17) is 9.26 Å². The molecule has 8 heteroatoms. The molecule has 0 bridgehead atoms. The summed E-state index contributed by atoms with van der Waals surface area (Å²) in [6.07, 6.45) is 0.497. The number of carbonyl (C=O) groups excluding carboxylic acids is 2. The van der Waals surface area contributed by atoms with Crippen LogP contribution in [0.25, 0.3) is 0 Å². The summed E-state index contributed by atoms with van der Waals surface area (Å²) in [6.45, 7) is 4.91. The van der Waals surface area contributed by atoms with Gasteiger partial charge in [-0.15, -0.1) is 11.3 Å². The van der Waals surface area contributed by atoms with E-state index in [1.807, 2.05) is 17.5 Å². The number of nitrogens with zero attached hydrogens (tertiary/aromatic N) is 2. The Bertz CT molecular complexity index is 797. The van der Waals surface area contributed by atoms with Gasteiger partial charge >= 0.3 is 0 Å². The third-order valence-corrected chi connectivity index (χ3v) is 6.03. The van der Waals surface area contributed by atoms with Gasteiger partial charge in [0.15, 0.2) is 0 Å². The van der Waals surface area contributed by atoms with Gasteiger partial charge in [-0.3, -0.25) is 9.59 Å². The van der Waals surface area contributed by atoms with Crippen molar-refractivity contribution >= 4 is 23.2 Å². The Hall–Kier alpha value is -2.19. The SMILES string of the molecule is Cc1noc(C)c1C(=O)N1C[C@H](C(=O)NCc2cccs2)[C@@H]2OCC[C@H]21. The van der Waals surface area contributed by atoms with E-state index in [-0.39, 0.29) is 29.9 Å². The average Bonchev–Trinajstić information content (AvgIpc) is 3.37. The summed E-state index contributed by atoms with van der Waals surface area (Å²) in [5.41, 5.74) is 1.07. The fourth-order valence-corrected chi connectivity index (χ4v) is 4.53. The maximum absolute atomic E-state index is 13.0. The molecule has 0 saturated carbocycles. The predicted octanol–water partition coefficient (Wildman–Crippen LogP) is 1.90. The normalized spacial score (nSPS) is 24.7. The van der Waals surface area contributed by atoms with Gasteiger partial charge in [-0.25, -0.2) is 0 Å². The zero-order valence-corrected chi connectivity index (χ0v) is 15.5. The van der Waals surface area contributed by atoms with Crippen molar-refractivity contribution in [1.29, 1.82) is 0 Å². The summed E-state index contributed by atoms with van der Waals surface area (Å²) in [4.78, 5) is 28.6. The molecule has 4 rings (SSSR count). The quantitative estimate of drug-likeness (QED) is 0.882. The van der Waals surface area contributed by atoms with E-state index in [9.17, 15) is 9.59 Å². The van der Waals surface area contributed by atoms with Crippen LogP contribution in [0.1, 0.15) is 33.1 Å². The van der Waals surface area contributed by atoms with Crippen molar-refractivity contribution in [2.45, 2.75) is 39.0 Å². The highest BCUT2D eigenvalue weighted by Crippen LogP contribution is 2.35. The number of hydrogen-bond acceptors (Lipinski definition) is 6. The lowest BCUT2D eigenvalue weighted by atomic mass is 10.0. The average molecular weight is 375 g/mol. The van der Waals surface area contributed by atoms with E-state index >= 15 is 0 Å². The number of hydrogen-bond donors (Lipinski definition) is 1. The molecule has 0 unspecified atom stereocenters. The number of rotatable bonds is 4. The fourth-order valence-electron chi connectivity index (χ4n) is 3.88. The van der Waals surface area contributed by atoms with Crippen molar-refractivity contribution < 1.29 is 18.8 Å². The molecule has 2 aromatic heterocycles. The van der Waals surface area contributed by atoms with E-state index in [1.165, 1.54) is 0 Å². The maximum atomic E-state index is 13.0. The van der Waals surface area contributed by atoms with Crippen molar-refractivity contribution in [3.63, 3.8) is 0 Å². The first-order valence-electron chi connectivity index (χ1n) is 8.72. The zero-order valence-electron chi connectivity index (χ0n) is 14.7. The molecule has 0 aliphatic carbocycles. The van der Waals surface area contributed by atoms with Gasteiger partial charge in [0, 0.05) is 18.0 Å². The highest BCUT2D eigenvalue weighted by Gasteiger charge is 2.51. The Balaban J connectivity index is 1.50. The molecular weight excluding hydrogens is 354 g/mol. The Morgan fingerprint density at radius 3 is 2.96 bits per heavy atom. The fraction of sp³-hybridized carbons (Fsp3) is 0.500. The molecule has 4 heterocycles. The minimum absolute atomic E-state index is 0.0654. The Morgan fingerprint density at radius 1 is 1.42 bits per heavy atom. The number of ether oxygens (including phenoxy) is 1. The smallest absolute Gasteiger partial charge is 0.259 e. The van der Waals surface area contributed by atoms with E-state index in [0.29, 0.717) is 36.7 Å². The topological polar surface area (TPSA) is 84.7 Å². The van der Waals surface area contributed by atoms with Gasteiger partial charge in [-0.05, 0) is 31.7 Å². The summed E-state index contributed by atoms with van der Waals surface area (Å²) in [7, 11) is 0. The lowest BCUT2D eigenvalue weighted by Crippen LogP contribution is -2.37. The van der Waals surface area contributed by atoms with Crippen LogP contribution >= 0.6 is 11.3 Å². The molecule has 0 radical (unpaired) electrons. The summed E-state index contributed by atoms with van der Waals surface area (Å²) >= 11 is 1.61. The highest BCUT2D eigenvalue weighted by molar-refractivity contribution is 7.09.